The van der Waals surface area contributed by atoms with Crippen molar-refractivity contribution in [3.8, 4) is 0 Å². The van der Waals surface area contributed by atoms with Crippen LogP contribution in [0.25, 0.3) is 11.2 Å². The molecule has 0 aliphatic rings. The van der Waals surface area contributed by atoms with E-state index in [-0.39, 0.29) is 11.9 Å². The number of aliphatic hydroxyl groups is 1. The normalized spacial score (nSPS) is 11.2. The number of hydrogen-bond acceptors (Lipinski definition) is 6. The van der Waals surface area contributed by atoms with E-state index < -0.39 is 0 Å². The van der Waals surface area contributed by atoms with E-state index in [9.17, 15) is 0 Å². The molecule has 0 spiro atoms. The van der Waals surface area contributed by atoms with Gasteiger partial charge < -0.3 is 19.7 Å². The number of aliphatic hydroxyl groups excluding tert-OH is 1. The summed E-state index contributed by atoms with van der Waals surface area (Å²) in [5.41, 5.74) is 1.25. The Morgan fingerprint density at radius 2 is 2.11 bits per heavy atom. The van der Waals surface area contributed by atoms with E-state index in [0.717, 1.165) is 0 Å². The summed E-state index contributed by atoms with van der Waals surface area (Å²) < 4.78 is 5.37. The summed E-state index contributed by atoms with van der Waals surface area (Å²) in [6, 6.07) is 0. The minimum Gasteiger partial charge on any atom is -0.396 e. The van der Waals surface area contributed by atoms with Crippen LogP contribution in [0.5, 0.6) is 0 Å². The second-order valence-electron chi connectivity index (χ2n) is 4.22. The molecule has 0 saturated heterocycles. The Balaban J connectivity index is 2.22. The third kappa shape index (κ3) is 3.31. The summed E-state index contributed by atoms with van der Waals surface area (Å²) in [4.78, 5) is 17.5. The van der Waals surface area contributed by atoms with E-state index in [1.165, 1.54) is 0 Å². The highest BCUT2D eigenvalue weighted by molar-refractivity contribution is 6.28. The molecule has 104 valence electrons. The fourth-order valence-corrected chi connectivity index (χ4v) is 1.79. The Bertz CT molecular complexity index is 557. The summed E-state index contributed by atoms with van der Waals surface area (Å²) in [6.07, 6.45) is 0.606. The second-order valence-corrected chi connectivity index (χ2v) is 4.56. The number of hydrogen-bond donors (Lipinski definition) is 2. The summed E-state index contributed by atoms with van der Waals surface area (Å²) in [6.45, 7) is 0.938. The molecular weight excluding hydrogens is 270 g/mol. The highest BCUT2D eigenvalue weighted by Crippen LogP contribution is 2.22. The number of ether oxygens (including phenoxy) is 1. The Kier molecular flexibility index (Phi) is 4.52. The number of aromatic amines is 1. The average molecular weight is 286 g/mol. The summed E-state index contributed by atoms with van der Waals surface area (Å²) in [5.74, 6) is 1.32. The van der Waals surface area contributed by atoms with Gasteiger partial charge in [-0.1, -0.05) is 0 Å². The van der Waals surface area contributed by atoms with Crippen molar-refractivity contribution in [1.29, 1.82) is 0 Å². The molecule has 0 radical (unpaired) electrons. The first-order chi connectivity index (χ1) is 9.11. The summed E-state index contributed by atoms with van der Waals surface area (Å²) >= 11 is 5.87. The number of rotatable bonds is 6. The molecule has 8 heteroatoms. The van der Waals surface area contributed by atoms with Gasteiger partial charge in [0.15, 0.2) is 17.0 Å². The van der Waals surface area contributed by atoms with Gasteiger partial charge in [-0.05, 0) is 18.0 Å². The smallest absolute Gasteiger partial charge is 0.226 e. The number of fused-ring (bicyclic) bond motifs is 1. The quantitative estimate of drug-likeness (QED) is 0.607. The Morgan fingerprint density at radius 1 is 1.32 bits per heavy atom. The molecule has 0 aliphatic heterocycles. The molecule has 0 saturated carbocycles. The fourth-order valence-electron chi connectivity index (χ4n) is 1.62. The van der Waals surface area contributed by atoms with Crippen LogP contribution in [-0.2, 0) is 11.3 Å². The van der Waals surface area contributed by atoms with Crippen molar-refractivity contribution in [3.05, 3.63) is 11.1 Å². The maximum absolute atomic E-state index is 8.66. The van der Waals surface area contributed by atoms with Gasteiger partial charge in [0.05, 0.1) is 0 Å². The van der Waals surface area contributed by atoms with Crippen LogP contribution in [0.15, 0.2) is 0 Å². The van der Waals surface area contributed by atoms with Gasteiger partial charge in [-0.25, -0.2) is 4.98 Å². The van der Waals surface area contributed by atoms with Crippen molar-refractivity contribution in [2.24, 2.45) is 0 Å². The zero-order valence-corrected chi connectivity index (χ0v) is 11.6. The number of nitrogens with zero attached hydrogens (tertiary/aromatic N) is 4. The molecule has 0 bridgehead atoms. The molecule has 0 amide bonds. The lowest BCUT2D eigenvalue weighted by Crippen LogP contribution is -2.11. The maximum Gasteiger partial charge on any atom is 0.226 e. The largest absolute Gasteiger partial charge is 0.396 e. The predicted molar refractivity (Wildman–Crippen MR) is 72.4 cm³/mol. The van der Waals surface area contributed by atoms with Gasteiger partial charge in [0.1, 0.15) is 12.4 Å². The van der Waals surface area contributed by atoms with Crippen molar-refractivity contribution in [3.63, 3.8) is 0 Å². The lowest BCUT2D eigenvalue weighted by molar-refractivity contribution is 0.100. The first-order valence-electron chi connectivity index (χ1n) is 5.90. The van der Waals surface area contributed by atoms with Crippen LogP contribution in [0.4, 0.5) is 5.82 Å². The zero-order chi connectivity index (χ0) is 13.8. The van der Waals surface area contributed by atoms with Crippen molar-refractivity contribution in [1.82, 2.24) is 19.9 Å². The van der Waals surface area contributed by atoms with Gasteiger partial charge in [0.25, 0.3) is 0 Å². The Morgan fingerprint density at radius 3 is 2.79 bits per heavy atom. The van der Waals surface area contributed by atoms with Crippen LogP contribution in [0.2, 0.25) is 5.28 Å². The third-order valence-electron chi connectivity index (χ3n) is 2.46. The summed E-state index contributed by atoms with van der Waals surface area (Å²) in [5, 5.41) is 8.84. The molecule has 0 fully saturated rings. The molecule has 0 aliphatic carbocycles. The van der Waals surface area contributed by atoms with Crippen LogP contribution < -0.4 is 4.90 Å². The molecule has 0 aromatic carbocycles. The van der Waals surface area contributed by atoms with Crippen LogP contribution in [0.1, 0.15) is 12.2 Å². The molecule has 2 rings (SSSR count). The van der Waals surface area contributed by atoms with E-state index in [1.54, 1.807) is 0 Å². The van der Waals surface area contributed by atoms with Gasteiger partial charge in [0, 0.05) is 27.3 Å². The molecule has 2 heterocycles. The van der Waals surface area contributed by atoms with Crippen LogP contribution in [0, 0.1) is 0 Å². The highest BCUT2D eigenvalue weighted by Gasteiger charge is 2.13. The zero-order valence-electron chi connectivity index (χ0n) is 10.9. The average Bonchev–Trinajstić information content (AvgIpc) is 2.76. The van der Waals surface area contributed by atoms with Crippen molar-refractivity contribution in [2.75, 3.05) is 32.2 Å². The lowest BCUT2D eigenvalue weighted by Gasteiger charge is -2.10. The first kappa shape index (κ1) is 14.0. The molecule has 0 unspecified atom stereocenters. The van der Waals surface area contributed by atoms with E-state index in [2.05, 4.69) is 19.9 Å². The van der Waals surface area contributed by atoms with Crippen LogP contribution >= 0.6 is 11.6 Å². The highest BCUT2D eigenvalue weighted by atomic mass is 35.5. The standard InChI is InChI=1S/C11H16ClN5O2/c1-17(2)10-8-9(15-11(12)16-10)14-7(13-8)6-19-5-3-4-18/h18H,3-6H2,1-2H3,(H,13,14,15,16). The molecule has 7 nitrogen and oxygen atoms in total. The molecule has 19 heavy (non-hydrogen) atoms. The topological polar surface area (TPSA) is 87.2 Å². The number of nitrogens with one attached hydrogen (secondary N) is 1. The lowest BCUT2D eigenvalue weighted by atomic mass is 10.5. The van der Waals surface area contributed by atoms with E-state index in [4.69, 9.17) is 21.4 Å². The first-order valence-corrected chi connectivity index (χ1v) is 6.27. The third-order valence-corrected chi connectivity index (χ3v) is 2.63. The van der Waals surface area contributed by atoms with Gasteiger partial charge >= 0.3 is 0 Å². The number of anilines is 1. The Labute approximate surface area is 115 Å². The van der Waals surface area contributed by atoms with Crippen molar-refractivity contribution in [2.45, 2.75) is 13.0 Å². The van der Waals surface area contributed by atoms with Gasteiger partial charge in [-0.2, -0.15) is 9.97 Å². The number of aromatic nitrogens is 4. The van der Waals surface area contributed by atoms with Crippen LogP contribution in [0.3, 0.4) is 0 Å². The van der Waals surface area contributed by atoms with Crippen molar-refractivity contribution >= 4 is 28.6 Å². The molecular formula is C11H16ClN5O2. The van der Waals surface area contributed by atoms with Gasteiger partial charge in [-0.3, -0.25) is 0 Å². The fraction of sp³-hybridized carbons (Fsp3) is 0.545. The van der Waals surface area contributed by atoms with E-state index >= 15 is 0 Å². The Hall–Kier alpha value is -1.44. The number of H-pyrrole nitrogens is 1. The van der Waals surface area contributed by atoms with Crippen LogP contribution in [-0.4, -0.2) is 52.4 Å². The molecule has 2 aromatic heterocycles. The number of halogens is 1. The molecule has 2 aromatic rings. The van der Waals surface area contributed by atoms with E-state index in [1.807, 2.05) is 19.0 Å². The summed E-state index contributed by atoms with van der Waals surface area (Å²) in [7, 11) is 3.73. The molecule has 2 N–H and O–H groups in total. The minimum atomic E-state index is 0.117. The second kappa shape index (κ2) is 6.14. The van der Waals surface area contributed by atoms with Crippen molar-refractivity contribution < 1.29 is 9.84 Å². The number of imidazole rings is 1. The van der Waals surface area contributed by atoms with E-state index in [0.29, 0.717) is 42.4 Å². The predicted octanol–water partition coefficient (Wildman–Crippen LogP) is 0.971. The minimum absolute atomic E-state index is 0.117. The maximum atomic E-state index is 8.66. The van der Waals surface area contributed by atoms with Gasteiger partial charge in [-0.15, -0.1) is 0 Å². The molecule has 0 atom stereocenters. The SMILES string of the molecule is CN(C)c1nc(Cl)nc2[nH]c(COCCCO)nc12. The monoisotopic (exact) mass is 285 g/mol. The van der Waals surface area contributed by atoms with Gasteiger partial charge in [0.2, 0.25) is 5.28 Å².